The van der Waals surface area contributed by atoms with E-state index in [1.807, 2.05) is 0 Å². The molecule has 1 N–H and O–H groups in total. The summed E-state index contributed by atoms with van der Waals surface area (Å²) in [5.41, 5.74) is 1.63. The molecule has 1 aromatic carbocycles. The molecule has 2 aromatic rings. The summed E-state index contributed by atoms with van der Waals surface area (Å²) in [6.07, 6.45) is 0.761. The molecule has 0 aliphatic heterocycles. The van der Waals surface area contributed by atoms with Gasteiger partial charge in [-0.3, -0.25) is 4.79 Å². The van der Waals surface area contributed by atoms with Gasteiger partial charge < -0.3 is 10.1 Å². The fourth-order valence-corrected chi connectivity index (χ4v) is 1.94. The van der Waals surface area contributed by atoms with Crippen LogP contribution in [0.4, 0.5) is 0 Å². The van der Waals surface area contributed by atoms with Crippen molar-refractivity contribution >= 4 is 40.1 Å². The molecule has 0 saturated heterocycles. The monoisotopic (exact) mass is 313 g/mol. The summed E-state index contributed by atoms with van der Waals surface area (Å²) < 4.78 is 4.91. The van der Waals surface area contributed by atoms with E-state index in [0.29, 0.717) is 29.7 Å². The first kappa shape index (κ1) is 15.0. The molecule has 2 rings (SSSR count). The highest BCUT2D eigenvalue weighted by Crippen LogP contribution is 2.21. The Hall–Kier alpha value is -1.43. The zero-order valence-electron chi connectivity index (χ0n) is 10.8. The van der Waals surface area contributed by atoms with Gasteiger partial charge in [0.25, 0.3) is 5.91 Å². The van der Waals surface area contributed by atoms with E-state index < -0.39 is 0 Å². The minimum absolute atomic E-state index is 0.122. The Bertz CT molecular complexity index is 634. The first-order valence-corrected chi connectivity index (χ1v) is 6.77. The summed E-state index contributed by atoms with van der Waals surface area (Å²) in [5.74, 6) is -0.170. The number of hydrogen-bond donors (Lipinski definition) is 1. The van der Waals surface area contributed by atoms with E-state index in [2.05, 4.69) is 15.3 Å². The number of carbonyl (C=O) groups excluding carboxylic acids is 1. The highest BCUT2D eigenvalue weighted by atomic mass is 35.5. The number of ether oxygens (including phenoxy) is 1. The number of hydrogen-bond acceptors (Lipinski definition) is 4. The zero-order chi connectivity index (χ0) is 14.5. The van der Waals surface area contributed by atoms with Crippen molar-refractivity contribution in [2.75, 3.05) is 20.3 Å². The summed E-state index contributed by atoms with van der Waals surface area (Å²) in [6, 6.07) is 5.00. The number of nitrogens with zero attached hydrogens (tertiary/aromatic N) is 2. The molecule has 0 saturated carbocycles. The molecule has 0 spiro atoms. The van der Waals surface area contributed by atoms with E-state index in [0.717, 1.165) is 6.42 Å². The van der Waals surface area contributed by atoms with Crippen molar-refractivity contribution in [3.8, 4) is 0 Å². The Morgan fingerprint density at radius 1 is 1.25 bits per heavy atom. The molecule has 0 atom stereocenters. The van der Waals surface area contributed by atoms with Crippen molar-refractivity contribution in [1.82, 2.24) is 15.3 Å². The lowest BCUT2D eigenvalue weighted by molar-refractivity contribution is 0.0948. The van der Waals surface area contributed by atoms with Crippen LogP contribution in [0, 0.1) is 0 Å². The van der Waals surface area contributed by atoms with Gasteiger partial charge in [-0.1, -0.05) is 23.2 Å². The van der Waals surface area contributed by atoms with Crippen LogP contribution in [0.5, 0.6) is 0 Å². The molecule has 0 fully saturated rings. The maximum absolute atomic E-state index is 11.9. The fraction of sp³-hybridized carbons (Fsp3) is 0.308. The van der Waals surface area contributed by atoms with Crippen molar-refractivity contribution in [3.05, 3.63) is 34.1 Å². The van der Waals surface area contributed by atoms with Crippen molar-refractivity contribution < 1.29 is 9.53 Å². The number of carbonyl (C=O) groups is 1. The predicted molar refractivity (Wildman–Crippen MR) is 78.4 cm³/mol. The molecule has 0 radical (unpaired) electrons. The van der Waals surface area contributed by atoms with E-state index >= 15 is 0 Å². The molecule has 1 heterocycles. The topological polar surface area (TPSA) is 64.1 Å². The van der Waals surface area contributed by atoms with Gasteiger partial charge in [0.1, 0.15) is 0 Å². The van der Waals surface area contributed by atoms with Crippen LogP contribution in [-0.4, -0.2) is 36.1 Å². The quantitative estimate of drug-likeness (QED) is 0.862. The third-order valence-corrected chi connectivity index (χ3v) is 3.28. The lowest BCUT2D eigenvalue weighted by Gasteiger charge is -2.06. The summed E-state index contributed by atoms with van der Waals surface area (Å²) in [7, 11) is 1.62. The van der Waals surface area contributed by atoms with Gasteiger partial charge in [0, 0.05) is 25.8 Å². The molecule has 0 aliphatic rings. The zero-order valence-corrected chi connectivity index (χ0v) is 12.3. The fourth-order valence-electron chi connectivity index (χ4n) is 1.67. The van der Waals surface area contributed by atoms with Crippen molar-refractivity contribution in [2.45, 2.75) is 6.42 Å². The minimum Gasteiger partial charge on any atom is -0.385 e. The van der Waals surface area contributed by atoms with E-state index in [4.69, 9.17) is 27.9 Å². The summed E-state index contributed by atoms with van der Waals surface area (Å²) >= 11 is 11.6. The molecule has 106 valence electrons. The van der Waals surface area contributed by atoms with Gasteiger partial charge in [-0.05, 0) is 24.6 Å². The van der Waals surface area contributed by atoms with Gasteiger partial charge in [-0.25, -0.2) is 9.97 Å². The van der Waals surface area contributed by atoms with Crippen LogP contribution in [-0.2, 0) is 4.74 Å². The first-order chi connectivity index (χ1) is 9.61. The normalized spacial score (nSPS) is 10.8. The van der Waals surface area contributed by atoms with Crippen LogP contribution in [0.2, 0.25) is 10.3 Å². The van der Waals surface area contributed by atoms with E-state index in [9.17, 15) is 4.79 Å². The molecule has 1 aromatic heterocycles. The summed E-state index contributed by atoms with van der Waals surface area (Å²) in [4.78, 5) is 20.1. The van der Waals surface area contributed by atoms with Crippen molar-refractivity contribution in [2.24, 2.45) is 0 Å². The van der Waals surface area contributed by atoms with Gasteiger partial charge in [0.15, 0.2) is 10.3 Å². The average Bonchev–Trinajstić information content (AvgIpc) is 2.44. The molecule has 7 heteroatoms. The largest absolute Gasteiger partial charge is 0.385 e. The van der Waals surface area contributed by atoms with Gasteiger partial charge >= 0.3 is 0 Å². The van der Waals surface area contributed by atoms with Gasteiger partial charge in [0.2, 0.25) is 0 Å². The standard InChI is InChI=1S/C13H13Cl2N3O2/c1-20-6-2-5-16-13(19)8-3-4-9-10(7-8)18-12(15)11(14)17-9/h3-4,7H,2,5-6H2,1H3,(H,16,19). The molecule has 0 aliphatic carbocycles. The molecule has 5 nitrogen and oxygen atoms in total. The second-order valence-corrected chi connectivity index (χ2v) is 4.83. The minimum atomic E-state index is -0.170. The maximum Gasteiger partial charge on any atom is 0.251 e. The molecule has 1 amide bonds. The number of amides is 1. The van der Waals surface area contributed by atoms with Crippen LogP contribution in [0.1, 0.15) is 16.8 Å². The summed E-state index contributed by atoms with van der Waals surface area (Å²) in [5, 5.41) is 3.07. The Morgan fingerprint density at radius 2 is 1.95 bits per heavy atom. The van der Waals surface area contributed by atoms with Gasteiger partial charge in [-0.15, -0.1) is 0 Å². The Balaban J connectivity index is 2.14. The SMILES string of the molecule is COCCCNC(=O)c1ccc2nc(Cl)c(Cl)nc2c1. The van der Waals surface area contributed by atoms with E-state index in [-0.39, 0.29) is 16.2 Å². The number of nitrogens with one attached hydrogen (secondary N) is 1. The molecule has 0 bridgehead atoms. The molecular formula is C13H13Cl2N3O2. The average molecular weight is 314 g/mol. The van der Waals surface area contributed by atoms with Gasteiger partial charge in [0.05, 0.1) is 11.0 Å². The van der Waals surface area contributed by atoms with E-state index in [1.165, 1.54) is 0 Å². The highest BCUT2D eigenvalue weighted by molar-refractivity contribution is 6.40. The van der Waals surface area contributed by atoms with Crippen LogP contribution in [0.25, 0.3) is 11.0 Å². The van der Waals surface area contributed by atoms with Crippen molar-refractivity contribution in [1.29, 1.82) is 0 Å². The van der Waals surface area contributed by atoms with Gasteiger partial charge in [-0.2, -0.15) is 0 Å². The first-order valence-electron chi connectivity index (χ1n) is 6.02. The number of benzene rings is 1. The Kier molecular flexibility index (Phi) is 5.11. The number of methoxy groups -OCH3 is 1. The van der Waals surface area contributed by atoms with Crippen LogP contribution in [0.15, 0.2) is 18.2 Å². The second-order valence-electron chi connectivity index (χ2n) is 4.11. The third kappa shape index (κ3) is 3.56. The Labute approximate surface area is 126 Å². The molecule has 20 heavy (non-hydrogen) atoms. The lowest BCUT2D eigenvalue weighted by Crippen LogP contribution is -2.25. The third-order valence-electron chi connectivity index (χ3n) is 2.66. The maximum atomic E-state index is 11.9. The van der Waals surface area contributed by atoms with E-state index in [1.54, 1.807) is 25.3 Å². The number of fused-ring (bicyclic) bond motifs is 1. The smallest absolute Gasteiger partial charge is 0.251 e. The number of aromatic nitrogens is 2. The lowest BCUT2D eigenvalue weighted by atomic mass is 10.2. The molecular weight excluding hydrogens is 301 g/mol. The predicted octanol–water partition coefficient (Wildman–Crippen LogP) is 2.70. The van der Waals surface area contributed by atoms with Crippen LogP contribution in [0.3, 0.4) is 0 Å². The van der Waals surface area contributed by atoms with Crippen molar-refractivity contribution in [3.63, 3.8) is 0 Å². The highest BCUT2D eigenvalue weighted by Gasteiger charge is 2.09. The summed E-state index contributed by atoms with van der Waals surface area (Å²) in [6.45, 7) is 1.16. The second kappa shape index (κ2) is 6.83. The Morgan fingerprint density at radius 3 is 2.65 bits per heavy atom. The number of halogens is 2. The number of rotatable bonds is 5. The van der Waals surface area contributed by atoms with Crippen LogP contribution >= 0.6 is 23.2 Å². The van der Waals surface area contributed by atoms with Crippen LogP contribution < -0.4 is 5.32 Å². The molecule has 0 unspecified atom stereocenters.